The number of hydrogen-bond acceptors (Lipinski definition) is 5. The molecule has 0 amide bonds. The molecule has 0 aliphatic heterocycles. The first-order valence-corrected chi connectivity index (χ1v) is 11.1. The lowest BCUT2D eigenvalue weighted by molar-refractivity contribution is 0.103. The van der Waals surface area contributed by atoms with Crippen LogP contribution in [-0.4, -0.2) is 5.78 Å². The van der Waals surface area contributed by atoms with Gasteiger partial charge in [0.1, 0.15) is 23.0 Å². The average molecular weight is 453 g/mol. The molecule has 0 saturated heterocycles. The molecular formula is C29H28N2O3. The number of ether oxygens (including phenoxy) is 2. The van der Waals surface area contributed by atoms with Crippen molar-refractivity contribution in [3.8, 4) is 23.0 Å². The Morgan fingerprint density at radius 2 is 0.971 bits per heavy atom. The number of carbonyl (C=O) groups excluding carboxylic acids is 1. The van der Waals surface area contributed by atoms with Crippen LogP contribution in [0.5, 0.6) is 23.0 Å². The lowest BCUT2D eigenvalue weighted by Crippen LogP contribution is -2.04. The summed E-state index contributed by atoms with van der Waals surface area (Å²) in [6.07, 6.45) is 0. The minimum Gasteiger partial charge on any atom is -0.455 e. The summed E-state index contributed by atoms with van der Waals surface area (Å²) < 4.78 is 11.8. The number of nitrogen functional groups attached to an aromatic ring is 2. The molecule has 0 spiro atoms. The minimum atomic E-state index is -0.186. The molecule has 5 nitrogen and oxygen atoms in total. The Kier molecular flexibility index (Phi) is 6.28. The number of rotatable bonds is 6. The van der Waals surface area contributed by atoms with E-state index in [0.29, 0.717) is 45.5 Å². The monoisotopic (exact) mass is 452 g/mol. The highest BCUT2D eigenvalue weighted by atomic mass is 16.5. The van der Waals surface area contributed by atoms with Crippen molar-refractivity contribution in [1.29, 1.82) is 0 Å². The van der Waals surface area contributed by atoms with Gasteiger partial charge in [0.2, 0.25) is 0 Å². The molecule has 4 N–H and O–H groups in total. The molecule has 4 rings (SSSR count). The molecule has 0 atom stereocenters. The van der Waals surface area contributed by atoms with E-state index in [2.05, 4.69) is 0 Å². The van der Waals surface area contributed by atoms with Crippen LogP contribution in [0.25, 0.3) is 0 Å². The first-order valence-electron chi connectivity index (χ1n) is 11.1. The van der Waals surface area contributed by atoms with Gasteiger partial charge in [0.25, 0.3) is 0 Å². The Balaban J connectivity index is 1.51. The number of anilines is 2. The highest BCUT2D eigenvalue weighted by Gasteiger charge is 2.14. The zero-order chi connectivity index (χ0) is 24.4. The first kappa shape index (κ1) is 22.9. The van der Waals surface area contributed by atoms with Crippen molar-refractivity contribution in [2.24, 2.45) is 0 Å². The van der Waals surface area contributed by atoms with Gasteiger partial charge >= 0.3 is 0 Å². The van der Waals surface area contributed by atoms with Gasteiger partial charge in [0, 0.05) is 11.1 Å². The van der Waals surface area contributed by atoms with Crippen LogP contribution in [0, 0.1) is 27.7 Å². The van der Waals surface area contributed by atoms with E-state index in [1.807, 2.05) is 64.1 Å². The summed E-state index contributed by atoms with van der Waals surface area (Å²) in [5.41, 5.74) is 18.7. The summed E-state index contributed by atoms with van der Waals surface area (Å²) in [7, 11) is 0. The average Bonchev–Trinajstić information content (AvgIpc) is 2.81. The molecule has 0 aliphatic rings. The van der Waals surface area contributed by atoms with E-state index < -0.39 is 0 Å². The molecule has 0 radical (unpaired) electrons. The van der Waals surface area contributed by atoms with Crippen LogP contribution in [0.15, 0.2) is 72.8 Å². The van der Waals surface area contributed by atoms with Crippen molar-refractivity contribution in [1.82, 2.24) is 0 Å². The molecule has 0 saturated carbocycles. The number of ketones is 1. The van der Waals surface area contributed by atoms with Gasteiger partial charge in [-0.15, -0.1) is 0 Å². The van der Waals surface area contributed by atoms with Crippen LogP contribution in [0.4, 0.5) is 11.4 Å². The maximum Gasteiger partial charge on any atom is 0.193 e. The Hall–Kier alpha value is -4.25. The van der Waals surface area contributed by atoms with Gasteiger partial charge in [-0.3, -0.25) is 4.79 Å². The molecule has 0 fully saturated rings. The van der Waals surface area contributed by atoms with E-state index in [1.54, 1.807) is 36.4 Å². The van der Waals surface area contributed by atoms with Crippen molar-refractivity contribution < 1.29 is 14.3 Å². The summed E-state index contributed by atoms with van der Waals surface area (Å²) >= 11 is 0. The SMILES string of the molecule is Cc1ccc(Oc2ccc(C(=O)c3ccc(Oc4ccc(C)c(C)c4)c(N)c3)cc2N)cc1C. The molecule has 5 heteroatoms. The number of benzene rings is 4. The summed E-state index contributed by atoms with van der Waals surface area (Å²) in [6.45, 7) is 8.14. The van der Waals surface area contributed by atoms with E-state index in [1.165, 1.54) is 11.1 Å². The molecule has 4 aromatic rings. The van der Waals surface area contributed by atoms with Gasteiger partial charge in [-0.2, -0.15) is 0 Å². The largest absolute Gasteiger partial charge is 0.455 e. The van der Waals surface area contributed by atoms with Gasteiger partial charge in [0.15, 0.2) is 5.78 Å². The van der Waals surface area contributed by atoms with Gasteiger partial charge < -0.3 is 20.9 Å². The van der Waals surface area contributed by atoms with Crippen LogP contribution in [0.3, 0.4) is 0 Å². The molecule has 172 valence electrons. The molecule has 0 heterocycles. The fourth-order valence-electron chi connectivity index (χ4n) is 3.54. The van der Waals surface area contributed by atoms with Crippen LogP contribution in [0.1, 0.15) is 38.2 Å². The number of hydrogen-bond donors (Lipinski definition) is 2. The zero-order valence-electron chi connectivity index (χ0n) is 19.8. The Morgan fingerprint density at radius 3 is 1.32 bits per heavy atom. The fourth-order valence-corrected chi connectivity index (χ4v) is 3.54. The quantitative estimate of drug-likeness (QED) is 0.245. The maximum atomic E-state index is 13.1. The van der Waals surface area contributed by atoms with E-state index in [9.17, 15) is 4.79 Å². The Labute approximate surface area is 199 Å². The minimum absolute atomic E-state index is 0.186. The van der Waals surface area contributed by atoms with E-state index in [4.69, 9.17) is 20.9 Å². The molecule has 0 aliphatic carbocycles. The number of carbonyl (C=O) groups is 1. The molecule has 4 aromatic carbocycles. The van der Waals surface area contributed by atoms with Crippen LogP contribution >= 0.6 is 0 Å². The summed E-state index contributed by atoms with van der Waals surface area (Å²) in [5.74, 6) is 2.20. The third-order valence-electron chi connectivity index (χ3n) is 5.96. The smallest absolute Gasteiger partial charge is 0.193 e. The summed E-state index contributed by atoms with van der Waals surface area (Å²) in [5, 5.41) is 0. The summed E-state index contributed by atoms with van der Waals surface area (Å²) in [6, 6.07) is 21.7. The second kappa shape index (κ2) is 9.32. The lowest BCUT2D eigenvalue weighted by Gasteiger charge is -2.13. The molecule has 34 heavy (non-hydrogen) atoms. The van der Waals surface area contributed by atoms with Crippen molar-refractivity contribution >= 4 is 17.2 Å². The molecular weight excluding hydrogens is 424 g/mol. The van der Waals surface area contributed by atoms with E-state index in [-0.39, 0.29) is 5.78 Å². The van der Waals surface area contributed by atoms with Crippen LogP contribution in [0.2, 0.25) is 0 Å². The van der Waals surface area contributed by atoms with Crippen molar-refractivity contribution in [3.63, 3.8) is 0 Å². The van der Waals surface area contributed by atoms with Gasteiger partial charge in [-0.1, -0.05) is 12.1 Å². The molecule has 0 bridgehead atoms. The normalized spacial score (nSPS) is 10.7. The Bertz CT molecular complexity index is 1290. The third-order valence-corrected chi connectivity index (χ3v) is 5.96. The van der Waals surface area contributed by atoms with Crippen molar-refractivity contribution in [2.45, 2.75) is 27.7 Å². The molecule has 0 aromatic heterocycles. The number of nitrogens with two attached hydrogens (primary N) is 2. The van der Waals surface area contributed by atoms with Gasteiger partial charge in [-0.05, 0) is 111 Å². The van der Waals surface area contributed by atoms with E-state index >= 15 is 0 Å². The second-order valence-electron chi connectivity index (χ2n) is 8.53. The highest BCUT2D eigenvalue weighted by molar-refractivity contribution is 6.10. The van der Waals surface area contributed by atoms with Gasteiger partial charge in [0.05, 0.1) is 11.4 Å². The maximum absolute atomic E-state index is 13.1. The van der Waals surface area contributed by atoms with Crippen molar-refractivity contribution in [2.75, 3.05) is 11.5 Å². The topological polar surface area (TPSA) is 87.6 Å². The highest BCUT2D eigenvalue weighted by Crippen LogP contribution is 2.32. The zero-order valence-corrected chi connectivity index (χ0v) is 19.8. The summed E-state index contributed by atoms with van der Waals surface area (Å²) in [4.78, 5) is 13.1. The predicted molar refractivity (Wildman–Crippen MR) is 137 cm³/mol. The first-order chi connectivity index (χ1) is 16.2. The number of aryl methyl sites for hydroxylation is 4. The van der Waals surface area contributed by atoms with Crippen molar-refractivity contribution in [3.05, 3.63) is 106 Å². The molecule has 0 unspecified atom stereocenters. The van der Waals surface area contributed by atoms with Crippen LogP contribution < -0.4 is 20.9 Å². The second-order valence-corrected chi connectivity index (χ2v) is 8.53. The third kappa shape index (κ3) is 4.89. The van der Waals surface area contributed by atoms with E-state index in [0.717, 1.165) is 11.1 Å². The lowest BCUT2D eigenvalue weighted by atomic mass is 10.0. The predicted octanol–water partition coefficient (Wildman–Crippen LogP) is 6.90. The standard InChI is InChI=1S/C29H28N2O3/c1-17-5-9-23(13-19(17)3)33-27-11-7-21(15-25(27)30)29(32)22-8-12-28(26(31)16-22)34-24-10-6-18(2)20(4)14-24/h5-16H,30-31H2,1-4H3. The fraction of sp³-hybridized carbons (Fsp3) is 0.138. The van der Waals surface area contributed by atoms with Gasteiger partial charge in [-0.25, -0.2) is 0 Å². The van der Waals surface area contributed by atoms with Crippen LogP contribution in [-0.2, 0) is 0 Å². The Morgan fingerprint density at radius 1 is 0.559 bits per heavy atom.